The number of nitrogens with one attached hydrogen (secondary N) is 2. The highest BCUT2D eigenvalue weighted by Crippen LogP contribution is 2.53. The van der Waals surface area contributed by atoms with Gasteiger partial charge in [-0.1, -0.05) is 30.3 Å². The number of benzene rings is 1. The maximum absolute atomic E-state index is 5.94. The van der Waals surface area contributed by atoms with E-state index in [2.05, 4.69) is 29.3 Å². The Kier molecular flexibility index (Phi) is 2.64. The van der Waals surface area contributed by atoms with E-state index in [0.29, 0.717) is 6.04 Å². The molecule has 2 saturated heterocycles. The zero-order chi connectivity index (χ0) is 11.9. The first-order valence-electron chi connectivity index (χ1n) is 6.14. The van der Waals surface area contributed by atoms with Gasteiger partial charge in [-0.3, -0.25) is 0 Å². The van der Waals surface area contributed by atoms with Crippen molar-refractivity contribution in [3.05, 3.63) is 47.1 Å². The molecule has 1 atom stereocenters. The Morgan fingerprint density at radius 3 is 2.41 bits per heavy atom. The number of rotatable bonds is 1. The van der Waals surface area contributed by atoms with E-state index in [1.54, 1.807) is 0 Å². The van der Waals surface area contributed by atoms with Crippen LogP contribution in [0.2, 0.25) is 5.02 Å². The predicted octanol–water partition coefficient (Wildman–Crippen LogP) is 2.87. The van der Waals surface area contributed by atoms with E-state index in [1.165, 1.54) is 24.1 Å². The summed E-state index contributed by atoms with van der Waals surface area (Å²) in [6.45, 7) is 6.34. The summed E-state index contributed by atoms with van der Waals surface area (Å²) in [6, 6.07) is 8.59. The topological polar surface area (TPSA) is 24.1 Å². The Hall–Kier alpha value is -0.990. The first-order valence-corrected chi connectivity index (χ1v) is 6.52. The summed E-state index contributed by atoms with van der Waals surface area (Å²) >= 11 is 5.94. The summed E-state index contributed by atoms with van der Waals surface area (Å²) in [5.74, 6) is 0. The number of hydrogen-bond acceptors (Lipinski definition) is 2. The van der Waals surface area contributed by atoms with Crippen molar-refractivity contribution in [3.63, 3.8) is 0 Å². The number of hydrogen-bond donors (Lipinski definition) is 2. The van der Waals surface area contributed by atoms with Crippen LogP contribution in [0.15, 0.2) is 36.5 Å². The fourth-order valence-electron chi connectivity index (χ4n) is 3.07. The molecule has 0 aromatic heterocycles. The van der Waals surface area contributed by atoms with Crippen LogP contribution >= 0.6 is 11.6 Å². The average molecular weight is 249 g/mol. The molecule has 90 valence electrons. The summed E-state index contributed by atoms with van der Waals surface area (Å²) in [7, 11) is 0. The molecule has 2 heterocycles. The molecule has 2 nitrogen and oxygen atoms in total. The molecule has 3 heteroatoms. The Balaban J connectivity index is 1.88. The largest absolute Gasteiger partial charge is 0.381 e. The second-order valence-corrected chi connectivity index (χ2v) is 5.45. The minimum atomic E-state index is 0.263. The van der Waals surface area contributed by atoms with Gasteiger partial charge in [0.25, 0.3) is 0 Å². The maximum atomic E-state index is 5.94. The van der Waals surface area contributed by atoms with Crippen molar-refractivity contribution >= 4 is 11.6 Å². The van der Waals surface area contributed by atoms with Crippen molar-refractivity contribution in [2.24, 2.45) is 5.41 Å². The van der Waals surface area contributed by atoms with Gasteiger partial charge in [0.2, 0.25) is 0 Å². The van der Waals surface area contributed by atoms with Gasteiger partial charge in [0.05, 0.1) is 6.04 Å². The molecule has 2 fully saturated rings. The van der Waals surface area contributed by atoms with E-state index >= 15 is 0 Å². The Morgan fingerprint density at radius 1 is 1.18 bits per heavy atom. The molecule has 1 aromatic carbocycles. The quantitative estimate of drug-likeness (QED) is 0.799. The third kappa shape index (κ3) is 1.67. The molecule has 1 unspecified atom stereocenters. The highest BCUT2D eigenvalue weighted by Gasteiger charge is 2.50. The van der Waals surface area contributed by atoms with E-state index in [-0.39, 0.29) is 5.41 Å². The fourth-order valence-corrected chi connectivity index (χ4v) is 3.20. The minimum absolute atomic E-state index is 0.263. The first-order chi connectivity index (χ1) is 8.22. The van der Waals surface area contributed by atoms with Gasteiger partial charge in [0.1, 0.15) is 0 Å². The van der Waals surface area contributed by atoms with Crippen molar-refractivity contribution in [1.29, 1.82) is 0 Å². The average Bonchev–Trinajstić information content (AvgIpc) is 2.38. The molecule has 0 aliphatic carbocycles. The van der Waals surface area contributed by atoms with E-state index in [0.717, 1.165) is 18.1 Å². The van der Waals surface area contributed by atoms with Crippen molar-refractivity contribution in [3.8, 4) is 0 Å². The van der Waals surface area contributed by atoms with E-state index in [1.807, 2.05) is 12.1 Å². The zero-order valence-electron chi connectivity index (χ0n) is 9.80. The van der Waals surface area contributed by atoms with Crippen molar-refractivity contribution in [1.82, 2.24) is 10.6 Å². The molecule has 17 heavy (non-hydrogen) atoms. The van der Waals surface area contributed by atoms with Gasteiger partial charge >= 0.3 is 0 Å². The summed E-state index contributed by atoms with van der Waals surface area (Å²) in [4.78, 5) is 0. The van der Waals surface area contributed by atoms with Crippen LogP contribution in [0.1, 0.15) is 24.4 Å². The Labute approximate surface area is 107 Å². The minimum Gasteiger partial charge on any atom is -0.381 e. The highest BCUT2D eigenvalue weighted by molar-refractivity contribution is 6.30. The lowest BCUT2D eigenvalue weighted by Crippen LogP contribution is -2.57. The standard InChI is InChI=1S/C14H17ClN2/c1-10-14(6-8-16-9-7-14)13(17-10)11-2-4-12(15)5-3-11/h2-5,13,16-17H,1,6-9H2. The van der Waals surface area contributed by atoms with Crippen molar-refractivity contribution in [2.75, 3.05) is 13.1 Å². The van der Waals surface area contributed by atoms with Crippen LogP contribution in [-0.4, -0.2) is 13.1 Å². The molecule has 2 aliphatic heterocycles. The monoisotopic (exact) mass is 248 g/mol. The lowest BCUT2D eigenvalue weighted by Gasteiger charge is -2.55. The van der Waals surface area contributed by atoms with Gasteiger partial charge in [-0.25, -0.2) is 0 Å². The van der Waals surface area contributed by atoms with Crippen LogP contribution < -0.4 is 10.6 Å². The van der Waals surface area contributed by atoms with Gasteiger partial charge < -0.3 is 10.6 Å². The van der Waals surface area contributed by atoms with Crippen molar-refractivity contribution in [2.45, 2.75) is 18.9 Å². The predicted molar refractivity (Wildman–Crippen MR) is 71.0 cm³/mol. The smallest absolute Gasteiger partial charge is 0.0622 e. The molecule has 1 spiro atoms. The molecule has 0 radical (unpaired) electrons. The Bertz CT molecular complexity index is 432. The third-order valence-corrected chi connectivity index (χ3v) is 4.42. The molecule has 0 bridgehead atoms. The second kappa shape index (κ2) is 4.04. The highest BCUT2D eigenvalue weighted by atomic mass is 35.5. The number of halogens is 1. The normalized spacial score (nSPS) is 26.4. The molecule has 1 aromatic rings. The summed E-state index contributed by atoms with van der Waals surface area (Å²) in [6.07, 6.45) is 2.35. The van der Waals surface area contributed by atoms with E-state index in [9.17, 15) is 0 Å². The first kappa shape index (κ1) is 11.1. The molecule has 0 saturated carbocycles. The molecule has 0 amide bonds. The molecule has 2 N–H and O–H groups in total. The summed E-state index contributed by atoms with van der Waals surface area (Å²) in [5, 5.41) is 7.69. The maximum Gasteiger partial charge on any atom is 0.0622 e. The molecular weight excluding hydrogens is 232 g/mol. The van der Waals surface area contributed by atoms with Gasteiger partial charge in [-0.05, 0) is 43.6 Å². The summed E-state index contributed by atoms with van der Waals surface area (Å²) in [5.41, 5.74) is 2.79. The van der Waals surface area contributed by atoms with Crippen LogP contribution in [0.5, 0.6) is 0 Å². The zero-order valence-corrected chi connectivity index (χ0v) is 10.6. The van der Waals surface area contributed by atoms with E-state index in [4.69, 9.17) is 11.6 Å². The van der Waals surface area contributed by atoms with Gasteiger partial charge in [0, 0.05) is 16.1 Å². The lowest BCUT2D eigenvalue weighted by molar-refractivity contribution is 0.101. The van der Waals surface area contributed by atoms with Crippen molar-refractivity contribution < 1.29 is 0 Å². The fraction of sp³-hybridized carbons (Fsp3) is 0.429. The summed E-state index contributed by atoms with van der Waals surface area (Å²) < 4.78 is 0. The third-order valence-electron chi connectivity index (χ3n) is 4.17. The number of piperidine rings is 1. The van der Waals surface area contributed by atoms with Gasteiger partial charge in [-0.2, -0.15) is 0 Å². The van der Waals surface area contributed by atoms with Gasteiger partial charge in [-0.15, -0.1) is 0 Å². The van der Waals surface area contributed by atoms with Crippen LogP contribution in [-0.2, 0) is 0 Å². The van der Waals surface area contributed by atoms with Crippen LogP contribution in [0, 0.1) is 5.41 Å². The van der Waals surface area contributed by atoms with E-state index < -0.39 is 0 Å². The Morgan fingerprint density at radius 2 is 1.82 bits per heavy atom. The molecular formula is C14H17ClN2. The molecule has 2 aliphatic rings. The molecule has 3 rings (SSSR count). The van der Waals surface area contributed by atoms with Gasteiger partial charge in [0.15, 0.2) is 0 Å². The van der Waals surface area contributed by atoms with Crippen LogP contribution in [0.25, 0.3) is 0 Å². The lowest BCUT2D eigenvalue weighted by atomic mass is 9.63. The van der Waals surface area contributed by atoms with Crippen LogP contribution in [0.4, 0.5) is 0 Å². The SMILES string of the molecule is C=C1NC(c2ccc(Cl)cc2)C12CCNCC2. The van der Waals surface area contributed by atoms with Crippen LogP contribution in [0.3, 0.4) is 0 Å². The second-order valence-electron chi connectivity index (χ2n) is 5.01.